The lowest BCUT2D eigenvalue weighted by Gasteiger charge is -2.17. The molecule has 3 heteroatoms. The fourth-order valence-corrected chi connectivity index (χ4v) is 1.10. The number of hydrogen-bond acceptors (Lipinski definition) is 3. The highest BCUT2D eigenvalue weighted by Crippen LogP contribution is 2.28. The Morgan fingerprint density at radius 3 is 2.19 bits per heavy atom. The molecule has 0 saturated carbocycles. The monoisotopic (exact) mass is 220 g/mol. The van der Waals surface area contributed by atoms with Crippen molar-refractivity contribution in [2.24, 2.45) is 0 Å². The second-order valence-corrected chi connectivity index (χ2v) is 3.29. The van der Waals surface area contributed by atoms with Crippen molar-refractivity contribution in [3.63, 3.8) is 0 Å². The van der Waals surface area contributed by atoms with Gasteiger partial charge in [-0.25, -0.2) is 0 Å². The van der Waals surface area contributed by atoms with Crippen LogP contribution in [0.2, 0.25) is 0 Å². The van der Waals surface area contributed by atoms with E-state index in [2.05, 4.69) is 5.92 Å². The molecule has 16 heavy (non-hydrogen) atoms. The third kappa shape index (κ3) is 3.48. The van der Waals surface area contributed by atoms with E-state index < -0.39 is 0 Å². The number of para-hydroxylation sites is 2. The van der Waals surface area contributed by atoms with Crippen LogP contribution >= 0.6 is 0 Å². The van der Waals surface area contributed by atoms with Crippen molar-refractivity contribution in [3.05, 3.63) is 24.3 Å². The molecule has 0 fully saturated rings. The summed E-state index contributed by atoms with van der Waals surface area (Å²) in [5.41, 5.74) is 0. The zero-order chi connectivity index (χ0) is 12.0. The SMILES string of the molecule is C#CC(C)Oc1ccccc1OC(C)OC. The smallest absolute Gasteiger partial charge is 0.196 e. The molecule has 0 N–H and O–H groups in total. The first-order chi connectivity index (χ1) is 7.67. The van der Waals surface area contributed by atoms with Crippen LogP contribution < -0.4 is 9.47 Å². The molecule has 0 saturated heterocycles. The fraction of sp³-hybridized carbons (Fsp3) is 0.385. The molecule has 1 aromatic carbocycles. The maximum Gasteiger partial charge on any atom is 0.196 e. The van der Waals surface area contributed by atoms with Crippen LogP contribution in [0.15, 0.2) is 24.3 Å². The van der Waals surface area contributed by atoms with Gasteiger partial charge in [0, 0.05) is 7.11 Å². The van der Waals surface area contributed by atoms with Gasteiger partial charge in [0.25, 0.3) is 0 Å². The summed E-state index contributed by atoms with van der Waals surface area (Å²) in [7, 11) is 1.58. The average Bonchev–Trinajstić information content (AvgIpc) is 2.31. The molecular weight excluding hydrogens is 204 g/mol. The van der Waals surface area contributed by atoms with Crippen molar-refractivity contribution >= 4 is 0 Å². The quantitative estimate of drug-likeness (QED) is 0.563. The van der Waals surface area contributed by atoms with E-state index in [4.69, 9.17) is 20.6 Å². The molecule has 0 aliphatic rings. The minimum atomic E-state index is -0.328. The zero-order valence-corrected chi connectivity index (χ0v) is 9.77. The summed E-state index contributed by atoms with van der Waals surface area (Å²) >= 11 is 0. The van der Waals surface area contributed by atoms with Gasteiger partial charge in [0.15, 0.2) is 23.9 Å². The van der Waals surface area contributed by atoms with Crippen molar-refractivity contribution in [1.29, 1.82) is 0 Å². The van der Waals surface area contributed by atoms with Crippen LogP contribution in [-0.4, -0.2) is 19.5 Å². The molecule has 0 spiro atoms. The maximum absolute atomic E-state index is 5.52. The Morgan fingerprint density at radius 1 is 1.12 bits per heavy atom. The van der Waals surface area contributed by atoms with E-state index >= 15 is 0 Å². The highest BCUT2D eigenvalue weighted by atomic mass is 16.7. The van der Waals surface area contributed by atoms with Gasteiger partial charge in [-0.05, 0) is 26.0 Å². The van der Waals surface area contributed by atoms with Crippen LogP contribution in [0.4, 0.5) is 0 Å². The van der Waals surface area contributed by atoms with Crippen LogP contribution in [0.5, 0.6) is 11.5 Å². The van der Waals surface area contributed by atoms with Gasteiger partial charge in [-0.15, -0.1) is 6.42 Å². The highest BCUT2D eigenvalue weighted by Gasteiger charge is 2.09. The normalized spacial score (nSPS) is 13.6. The summed E-state index contributed by atoms with van der Waals surface area (Å²) in [4.78, 5) is 0. The number of hydrogen-bond donors (Lipinski definition) is 0. The third-order valence-electron chi connectivity index (χ3n) is 2.01. The molecule has 86 valence electrons. The molecule has 1 aromatic rings. The Hall–Kier alpha value is -1.66. The molecule has 1 rings (SSSR count). The summed E-state index contributed by atoms with van der Waals surface area (Å²) in [5, 5.41) is 0. The summed E-state index contributed by atoms with van der Waals surface area (Å²) < 4.78 is 16.1. The fourth-order valence-electron chi connectivity index (χ4n) is 1.10. The first-order valence-electron chi connectivity index (χ1n) is 5.08. The lowest BCUT2D eigenvalue weighted by molar-refractivity contribution is -0.0399. The Labute approximate surface area is 96.3 Å². The average molecular weight is 220 g/mol. The molecule has 2 unspecified atom stereocenters. The van der Waals surface area contributed by atoms with Crippen LogP contribution in [0.3, 0.4) is 0 Å². The number of benzene rings is 1. The molecule has 0 bridgehead atoms. The zero-order valence-electron chi connectivity index (χ0n) is 9.77. The molecule has 2 atom stereocenters. The van der Waals surface area contributed by atoms with E-state index in [1.54, 1.807) is 21.0 Å². The lowest BCUT2D eigenvalue weighted by Crippen LogP contribution is -2.15. The minimum absolute atomic E-state index is 0.289. The Kier molecular flexibility index (Phi) is 4.68. The first-order valence-corrected chi connectivity index (χ1v) is 5.08. The predicted octanol–water partition coefficient (Wildman–Crippen LogP) is 2.46. The Balaban J connectivity index is 2.80. The van der Waals surface area contributed by atoms with Crippen LogP contribution in [0, 0.1) is 12.3 Å². The van der Waals surface area contributed by atoms with Gasteiger partial charge < -0.3 is 14.2 Å². The topological polar surface area (TPSA) is 27.7 Å². The van der Waals surface area contributed by atoms with E-state index in [0.29, 0.717) is 11.5 Å². The number of terminal acetylenes is 1. The second-order valence-electron chi connectivity index (χ2n) is 3.29. The van der Waals surface area contributed by atoms with E-state index in [1.165, 1.54) is 0 Å². The van der Waals surface area contributed by atoms with E-state index in [-0.39, 0.29) is 12.4 Å². The van der Waals surface area contributed by atoms with Gasteiger partial charge in [-0.1, -0.05) is 18.1 Å². The summed E-state index contributed by atoms with van der Waals surface area (Å²) in [6.07, 6.45) is 4.64. The van der Waals surface area contributed by atoms with Crippen molar-refractivity contribution in [2.75, 3.05) is 7.11 Å². The lowest BCUT2D eigenvalue weighted by atomic mass is 10.3. The number of ether oxygens (including phenoxy) is 3. The van der Waals surface area contributed by atoms with Gasteiger partial charge in [0.1, 0.15) is 0 Å². The molecule has 0 aromatic heterocycles. The van der Waals surface area contributed by atoms with Crippen LogP contribution in [0.25, 0.3) is 0 Å². The first kappa shape index (κ1) is 12.4. The van der Waals surface area contributed by atoms with E-state index in [1.807, 2.05) is 24.3 Å². The second kappa shape index (κ2) is 6.04. The molecule has 0 amide bonds. The van der Waals surface area contributed by atoms with E-state index in [0.717, 1.165) is 0 Å². The van der Waals surface area contributed by atoms with Crippen molar-refractivity contribution in [1.82, 2.24) is 0 Å². The van der Waals surface area contributed by atoms with Crippen molar-refractivity contribution in [3.8, 4) is 23.8 Å². The van der Waals surface area contributed by atoms with Crippen LogP contribution in [0.1, 0.15) is 13.8 Å². The maximum atomic E-state index is 5.52. The standard InChI is InChI=1S/C13H16O3/c1-5-10(2)15-12-8-6-7-9-13(12)16-11(3)14-4/h1,6-11H,2-4H3. The van der Waals surface area contributed by atoms with Gasteiger partial charge in [0.2, 0.25) is 0 Å². The van der Waals surface area contributed by atoms with Gasteiger partial charge >= 0.3 is 0 Å². The van der Waals surface area contributed by atoms with Gasteiger partial charge in [0.05, 0.1) is 0 Å². The molecular formula is C13H16O3. The van der Waals surface area contributed by atoms with Crippen molar-refractivity contribution in [2.45, 2.75) is 26.2 Å². The summed E-state index contributed by atoms with van der Waals surface area (Å²) in [6.45, 7) is 3.61. The van der Waals surface area contributed by atoms with Gasteiger partial charge in [-0.3, -0.25) is 0 Å². The highest BCUT2D eigenvalue weighted by molar-refractivity contribution is 5.40. The molecule has 0 radical (unpaired) electrons. The number of rotatable bonds is 5. The molecule has 0 aliphatic carbocycles. The molecule has 0 heterocycles. The minimum Gasteiger partial charge on any atom is -0.474 e. The molecule has 0 aliphatic heterocycles. The third-order valence-corrected chi connectivity index (χ3v) is 2.01. The van der Waals surface area contributed by atoms with Crippen LogP contribution in [-0.2, 0) is 4.74 Å². The van der Waals surface area contributed by atoms with Crippen molar-refractivity contribution < 1.29 is 14.2 Å². The Morgan fingerprint density at radius 2 is 1.69 bits per heavy atom. The molecule has 3 nitrogen and oxygen atoms in total. The largest absolute Gasteiger partial charge is 0.474 e. The number of methoxy groups -OCH3 is 1. The van der Waals surface area contributed by atoms with Gasteiger partial charge in [-0.2, -0.15) is 0 Å². The van der Waals surface area contributed by atoms with E-state index in [9.17, 15) is 0 Å². The predicted molar refractivity (Wildman–Crippen MR) is 62.5 cm³/mol. The summed E-state index contributed by atoms with van der Waals surface area (Å²) in [5.74, 6) is 3.75. The summed E-state index contributed by atoms with van der Waals surface area (Å²) in [6, 6.07) is 7.35. The Bertz CT molecular complexity index is 368.